The standard InChI is InChI=1S/C14H22N2O2.ClH/c1-4-12-7-5-6-11(2)14(12)16-13(17)10-15-8-9-18-3;/h5-7,15H,4,8-10H2,1-3H3,(H,16,17);1H. The Labute approximate surface area is 121 Å². The van der Waals surface area contributed by atoms with Gasteiger partial charge in [-0.05, 0) is 24.5 Å². The fraction of sp³-hybridized carbons (Fsp3) is 0.500. The summed E-state index contributed by atoms with van der Waals surface area (Å²) >= 11 is 0. The van der Waals surface area contributed by atoms with Crippen molar-refractivity contribution in [2.75, 3.05) is 32.1 Å². The average Bonchev–Trinajstić information content (AvgIpc) is 2.37. The zero-order chi connectivity index (χ0) is 13.4. The maximum absolute atomic E-state index is 11.8. The number of benzene rings is 1. The Morgan fingerprint density at radius 1 is 1.37 bits per heavy atom. The topological polar surface area (TPSA) is 50.4 Å². The molecule has 0 heterocycles. The fourth-order valence-corrected chi connectivity index (χ4v) is 1.76. The van der Waals surface area contributed by atoms with Crippen LogP contribution in [0.2, 0.25) is 0 Å². The Morgan fingerprint density at radius 2 is 2.11 bits per heavy atom. The maximum atomic E-state index is 11.8. The number of carbonyl (C=O) groups is 1. The third kappa shape index (κ3) is 6.05. The first kappa shape index (κ1) is 17.9. The lowest BCUT2D eigenvalue weighted by Gasteiger charge is -2.13. The van der Waals surface area contributed by atoms with E-state index >= 15 is 0 Å². The zero-order valence-corrected chi connectivity index (χ0v) is 12.6. The van der Waals surface area contributed by atoms with Gasteiger partial charge in [0.2, 0.25) is 5.91 Å². The molecular weight excluding hydrogens is 264 g/mol. The van der Waals surface area contributed by atoms with Crippen LogP contribution >= 0.6 is 12.4 Å². The van der Waals surface area contributed by atoms with E-state index in [2.05, 4.69) is 17.6 Å². The molecule has 108 valence electrons. The molecule has 0 saturated heterocycles. The number of halogens is 1. The van der Waals surface area contributed by atoms with E-state index in [-0.39, 0.29) is 18.3 Å². The molecule has 5 heteroatoms. The molecule has 4 nitrogen and oxygen atoms in total. The van der Waals surface area contributed by atoms with E-state index in [1.54, 1.807) is 7.11 Å². The summed E-state index contributed by atoms with van der Waals surface area (Å²) in [6.45, 7) is 5.69. The van der Waals surface area contributed by atoms with Crippen LogP contribution in [0.25, 0.3) is 0 Å². The van der Waals surface area contributed by atoms with Crippen LogP contribution < -0.4 is 10.6 Å². The molecule has 0 unspecified atom stereocenters. The number of rotatable bonds is 7. The van der Waals surface area contributed by atoms with Crippen molar-refractivity contribution in [1.82, 2.24) is 5.32 Å². The highest BCUT2D eigenvalue weighted by Gasteiger charge is 2.07. The molecule has 19 heavy (non-hydrogen) atoms. The van der Waals surface area contributed by atoms with Crippen molar-refractivity contribution in [2.24, 2.45) is 0 Å². The van der Waals surface area contributed by atoms with Crippen LogP contribution in [0.3, 0.4) is 0 Å². The summed E-state index contributed by atoms with van der Waals surface area (Å²) in [7, 11) is 1.64. The van der Waals surface area contributed by atoms with Gasteiger partial charge in [0.05, 0.1) is 13.2 Å². The number of para-hydroxylation sites is 1. The number of nitrogens with one attached hydrogen (secondary N) is 2. The second-order valence-corrected chi connectivity index (χ2v) is 4.18. The Hall–Kier alpha value is -1.10. The minimum Gasteiger partial charge on any atom is -0.383 e. The fourth-order valence-electron chi connectivity index (χ4n) is 1.76. The lowest BCUT2D eigenvalue weighted by atomic mass is 10.1. The number of aryl methyl sites for hydroxylation is 2. The van der Waals surface area contributed by atoms with E-state index in [0.717, 1.165) is 17.7 Å². The van der Waals surface area contributed by atoms with Crippen LogP contribution in [0.5, 0.6) is 0 Å². The monoisotopic (exact) mass is 286 g/mol. The molecule has 0 saturated carbocycles. The summed E-state index contributed by atoms with van der Waals surface area (Å²) in [5.74, 6) is -0.0184. The zero-order valence-electron chi connectivity index (χ0n) is 11.8. The van der Waals surface area contributed by atoms with Crippen molar-refractivity contribution in [2.45, 2.75) is 20.3 Å². The first-order valence-corrected chi connectivity index (χ1v) is 6.27. The van der Waals surface area contributed by atoms with Crippen molar-refractivity contribution in [1.29, 1.82) is 0 Å². The van der Waals surface area contributed by atoms with Gasteiger partial charge in [-0.1, -0.05) is 25.1 Å². The quantitative estimate of drug-likeness (QED) is 0.755. The maximum Gasteiger partial charge on any atom is 0.238 e. The predicted molar refractivity (Wildman–Crippen MR) is 81.2 cm³/mol. The van der Waals surface area contributed by atoms with Gasteiger partial charge < -0.3 is 15.4 Å². The molecule has 1 aromatic carbocycles. The highest BCUT2D eigenvalue weighted by molar-refractivity contribution is 5.93. The van der Waals surface area contributed by atoms with Crippen LogP contribution in [-0.2, 0) is 16.0 Å². The Bertz CT molecular complexity index is 397. The number of methoxy groups -OCH3 is 1. The Morgan fingerprint density at radius 3 is 2.74 bits per heavy atom. The van der Waals surface area contributed by atoms with Crippen LogP contribution in [0.4, 0.5) is 5.69 Å². The Kier molecular flexibility index (Phi) is 9.21. The predicted octanol–water partition coefficient (Wildman–Crippen LogP) is 2.15. The third-order valence-electron chi connectivity index (χ3n) is 2.77. The van der Waals surface area contributed by atoms with Gasteiger partial charge in [-0.15, -0.1) is 12.4 Å². The molecule has 0 radical (unpaired) electrons. The molecule has 0 fully saturated rings. The lowest BCUT2D eigenvalue weighted by Crippen LogP contribution is -2.30. The second-order valence-electron chi connectivity index (χ2n) is 4.18. The molecule has 1 aromatic rings. The number of ether oxygens (including phenoxy) is 1. The van der Waals surface area contributed by atoms with E-state index in [4.69, 9.17) is 4.74 Å². The van der Waals surface area contributed by atoms with Gasteiger partial charge in [0, 0.05) is 19.3 Å². The Balaban J connectivity index is 0.00000324. The number of hydrogen-bond acceptors (Lipinski definition) is 3. The number of hydrogen-bond donors (Lipinski definition) is 2. The van der Waals surface area contributed by atoms with E-state index in [9.17, 15) is 4.79 Å². The van der Waals surface area contributed by atoms with Gasteiger partial charge in [0.25, 0.3) is 0 Å². The summed E-state index contributed by atoms with van der Waals surface area (Å²) in [5.41, 5.74) is 3.21. The summed E-state index contributed by atoms with van der Waals surface area (Å²) in [6.07, 6.45) is 0.911. The number of anilines is 1. The van der Waals surface area contributed by atoms with Crippen molar-refractivity contribution >= 4 is 24.0 Å². The summed E-state index contributed by atoms with van der Waals surface area (Å²) in [4.78, 5) is 11.8. The van der Waals surface area contributed by atoms with Gasteiger partial charge in [-0.2, -0.15) is 0 Å². The molecule has 2 N–H and O–H groups in total. The molecule has 1 amide bonds. The van der Waals surface area contributed by atoms with E-state index in [1.165, 1.54) is 5.56 Å². The summed E-state index contributed by atoms with van der Waals surface area (Å²) in [5, 5.41) is 5.99. The molecule has 0 spiro atoms. The molecule has 0 aromatic heterocycles. The SMILES string of the molecule is CCc1cccc(C)c1NC(=O)CNCCOC.Cl. The molecular formula is C14H23ClN2O2. The minimum atomic E-state index is -0.0184. The molecule has 0 aliphatic carbocycles. The van der Waals surface area contributed by atoms with Crippen molar-refractivity contribution in [3.8, 4) is 0 Å². The van der Waals surface area contributed by atoms with Crippen LogP contribution in [0.15, 0.2) is 18.2 Å². The minimum absolute atomic E-state index is 0. The van der Waals surface area contributed by atoms with E-state index < -0.39 is 0 Å². The summed E-state index contributed by atoms with van der Waals surface area (Å²) in [6, 6.07) is 6.06. The number of carbonyl (C=O) groups excluding carboxylic acids is 1. The van der Waals surface area contributed by atoms with Gasteiger partial charge >= 0.3 is 0 Å². The first-order chi connectivity index (χ1) is 8.69. The van der Waals surface area contributed by atoms with E-state index in [1.807, 2.05) is 25.1 Å². The highest BCUT2D eigenvalue weighted by atomic mass is 35.5. The molecule has 0 bridgehead atoms. The van der Waals surface area contributed by atoms with Crippen molar-refractivity contribution in [3.05, 3.63) is 29.3 Å². The molecule has 0 aliphatic heterocycles. The van der Waals surface area contributed by atoms with Crippen molar-refractivity contribution in [3.63, 3.8) is 0 Å². The van der Waals surface area contributed by atoms with Crippen LogP contribution in [-0.4, -0.2) is 32.7 Å². The normalized spacial score (nSPS) is 9.84. The van der Waals surface area contributed by atoms with Gasteiger partial charge in [0.15, 0.2) is 0 Å². The first-order valence-electron chi connectivity index (χ1n) is 6.27. The number of amides is 1. The second kappa shape index (κ2) is 9.78. The smallest absolute Gasteiger partial charge is 0.238 e. The van der Waals surface area contributed by atoms with Crippen molar-refractivity contribution < 1.29 is 9.53 Å². The highest BCUT2D eigenvalue weighted by Crippen LogP contribution is 2.20. The van der Waals surface area contributed by atoms with Crippen LogP contribution in [0.1, 0.15) is 18.1 Å². The molecule has 1 rings (SSSR count). The average molecular weight is 287 g/mol. The van der Waals surface area contributed by atoms with E-state index in [0.29, 0.717) is 19.7 Å². The van der Waals surface area contributed by atoms with Gasteiger partial charge in [-0.3, -0.25) is 4.79 Å². The summed E-state index contributed by atoms with van der Waals surface area (Å²) < 4.78 is 4.90. The van der Waals surface area contributed by atoms with Gasteiger partial charge in [0.1, 0.15) is 0 Å². The molecule has 0 atom stereocenters. The molecule has 0 aliphatic rings. The van der Waals surface area contributed by atoms with Crippen LogP contribution in [0, 0.1) is 6.92 Å². The third-order valence-corrected chi connectivity index (χ3v) is 2.77. The largest absolute Gasteiger partial charge is 0.383 e. The lowest BCUT2D eigenvalue weighted by molar-refractivity contribution is -0.115. The van der Waals surface area contributed by atoms with Gasteiger partial charge in [-0.25, -0.2) is 0 Å².